The number of hydrazone groups is 1. The molecule has 0 saturated carbocycles. The highest BCUT2D eigenvalue weighted by Crippen LogP contribution is 2.31. The van der Waals surface area contributed by atoms with Crippen molar-refractivity contribution in [1.29, 1.82) is 0 Å². The molecule has 0 aliphatic carbocycles. The van der Waals surface area contributed by atoms with E-state index in [9.17, 15) is 4.79 Å². The molecule has 3 aromatic carbocycles. The SMILES string of the molecule is O=C(N/N=C\c1ccc2c(c1)OCO2)c1cccc2ccccc12. The van der Waals surface area contributed by atoms with E-state index in [1.54, 1.807) is 12.3 Å². The number of amides is 1. The Morgan fingerprint density at radius 3 is 2.79 bits per heavy atom. The summed E-state index contributed by atoms with van der Waals surface area (Å²) >= 11 is 0. The Hall–Kier alpha value is -3.34. The van der Waals surface area contributed by atoms with Crippen molar-refractivity contribution >= 4 is 22.9 Å². The predicted molar refractivity (Wildman–Crippen MR) is 91.6 cm³/mol. The maximum absolute atomic E-state index is 12.4. The van der Waals surface area contributed by atoms with E-state index in [1.807, 2.05) is 54.6 Å². The summed E-state index contributed by atoms with van der Waals surface area (Å²) in [6.45, 7) is 0.230. The van der Waals surface area contributed by atoms with Crippen LogP contribution in [0.4, 0.5) is 0 Å². The van der Waals surface area contributed by atoms with Crippen LogP contribution in [-0.4, -0.2) is 18.9 Å². The Morgan fingerprint density at radius 1 is 1.00 bits per heavy atom. The van der Waals surface area contributed by atoms with Crippen LogP contribution in [0.1, 0.15) is 15.9 Å². The van der Waals surface area contributed by atoms with Crippen LogP contribution in [0.5, 0.6) is 11.5 Å². The fraction of sp³-hybridized carbons (Fsp3) is 0.0526. The molecular formula is C19H14N2O3. The smallest absolute Gasteiger partial charge is 0.271 e. The van der Waals surface area contributed by atoms with E-state index in [1.165, 1.54) is 0 Å². The quantitative estimate of drug-likeness (QED) is 0.595. The average molecular weight is 318 g/mol. The van der Waals surface area contributed by atoms with Gasteiger partial charge >= 0.3 is 0 Å². The topological polar surface area (TPSA) is 59.9 Å². The first-order chi connectivity index (χ1) is 11.8. The van der Waals surface area contributed by atoms with Gasteiger partial charge in [-0.1, -0.05) is 36.4 Å². The van der Waals surface area contributed by atoms with Crippen LogP contribution in [-0.2, 0) is 0 Å². The maximum atomic E-state index is 12.4. The molecule has 0 aromatic heterocycles. The van der Waals surface area contributed by atoms with E-state index in [2.05, 4.69) is 10.5 Å². The third-order valence-electron chi connectivity index (χ3n) is 3.81. The Labute approximate surface area is 138 Å². The maximum Gasteiger partial charge on any atom is 0.271 e. The number of ether oxygens (including phenoxy) is 2. The number of hydrogen-bond acceptors (Lipinski definition) is 4. The van der Waals surface area contributed by atoms with Gasteiger partial charge in [-0.2, -0.15) is 5.10 Å². The van der Waals surface area contributed by atoms with Crippen molar-refractivity contribution in [1.82, 2.24) is 5.43 Å². The molecule has 0 spiro atoms. The molecule has 3 aromatic rings. The summed E-state index contributed by atoms with van der Waals surface area (Å²) in [5.74, 6) is 1.15. The highest BCUT2D eigenvalue weighted by molar-refractivity contribution is 6.07. The van der Waals surface area contributed by atoms with Gasteiger partial charge in [0.25, 0.3) is 5.91 Å². The molecular weight excluding hydrogens is 304 g/mol. The molecule has 0 bridgehead atoms. The molecule has 1 aliphatic heterocycles. The molecule has 5 nitrogen and oxygen atoms in total. The van der Waals surface area contributed by atoms with Crippen molar-refractivity contribution in [2.75, 3.05) is 6.79 Å². The number of rotatable bonds is 3. The van der Waals surface area contributed by atoms with Gasteiger partial charge in [0.05, 0.1) is 6.21 Å². The molecule has 118 valence electrons. The van der Waals surface area contributed by atoms with Crippen LogP contribution in [0.3, 0.4) is 0 Å². The molecule has 5 heteroatoms. The van der Waals surface area contributed by atoms with Crippen LogP contribution in [0.2, 0.25) is 0 Å². The standard InChI is InChI=1S/C19H14N2O3/c22-19(16-7-3-5-14-4-1-2-6-15(14)16)21-20-11-13-8-9-17-18(10-13)24-12-23-17/h1-11H,12H2,(H,21,22)/b20-11-. The van der Waals surface area contributed by atoms with E-state index in [4.69, 9.17) is 9.47 Å². The van der Waals surface area contributed by atoms with E-state index >= 15 is 0 Å². The van der Waals surface area contributed by atoms with Crippen molar-refractivity contribution in [2.45, 2.75) is 0 Å². The molecule has 0 saturated heterocycles. The first-order valence-corrected chi connectivity index (χ1v) is 7.52. The lowest BCUT2D eigenvalue weighted by Crippen LogP contribution is -2.17. The zero-order valence-electron chi connectivity index (χ0n) is 12.7. The lowest BCUT2D eigenvalue weighted by molar-refractivity contribution is 0.0957. The minimum Gasteiger partial charge on any atom is -0.454 e. The number of nitrogens with zero attached hydrogens (tertiary/aromatic N) is 1. The van der Waals surface area contributed by atoms with Crippen LogP contribution < -0.4 is 14.9 Å². The van der Waals surface area contributed by atoms with E-state index in [0.29, 0.717) is 17.1 Å². The average Bonchev–Trinajstić information content (AvgIpc) is 3.09. The van der Waals surface area contributed by atoms with E-state index in [-0.39, 0.29) is 12.7 Å². The first-order valence-electron chi connectivity index (χ1n) is 7.52. The van der Waals surface area contributed by atoms with Crippen molar-refractivity contribution in [3.8, 4) is 11.5 Å². The van der Waals surface area contributed by atoms with Gasteiger partial charge in [-0.15, -0.1) is 0 Å². The number of nitrogens with one attached hydrogen (secondary N) is 1. The van der Waals surface area contributed by atoms with Gasteiger partial charge < -0.3 is 9.47 Å². The fourth-order valence-corrected chi connectivity index (χ4v) is 2.64. The second kappa shape index (κ2) is 6.04. The monoisotopic (exact) mass is 318 g/mol. The zero-order valence-corrected chi connectivity index (χ0v) is 12.7. The van der Waals surface area contributed by atoms with Gasteiger partial charge in [0.2, 0.25) is 6.79 Å². The van der Waals surface area contributed by atoms with E-state index in [0.717, 1.165) is 16.3 Å². The Balaban J connectivity index is 1.52. The summed E-state index contributed by atoms with van der Waals surface area (Å²) in [6, 6.07) is 18.9. The summed E-state index contributed by atoms with van der Waals surface area (Å²) in [6.07, 6.45) is 1.57. The minimum atomic E-state index is -0.246. The molecule has 0 atom stereocenters. The largest absolute Gasteiger partial charge is 0.454 e. The predicted octanol–water partition coefficient (Wildman–Crippen LogP) is 3.33. The van der Waals surface area contributed by atoms with E-state index < -0.39 is 0 Å². The first kappa shape index (κ1) is 14.3. The van der Waals surface area contributed by atoms with Crippen molar-refractivity contribution in [3.05, 3.63) is 71.8 Å². The lowest BCUT2D eigenvalue weighted by atomic mass is 10.0. The van der Waals surface area contributed by atoms with Crippen LogP contribution in [0.25, 0.3) is 10.8 Å². The third-order valence-corrected chi connectivity index (χ3v) is 3.81. The summed E-state index contributed by atoms with van der Waals surface area (Å²) in [5.41, 5.74) is 3.98. The van der Waals surface area contributed by atoms with Gasteiger partial charge in [0.1, 0.15) is 0 Å². The van der Waals surface area contributed by atoms with Crippen molar-refractivity contribution in [2.24, 2.45) is 5.10 Å². The molecule has 1 heterocycles. The fourth-order valence-electron chi connectivity index (χ4n) is 2.64. The Kier molecular flexibility index (Phi) is 3.59. The summed E-state index contributed by atoms with van der Waals surface area (Å²) in [4.78, 5) is 12.4. The number of carbonyl (C=O) groups is 1. The normalized spacial score (nSPS) is 12.7. The highest BCUT2D eigenvalue weighted by atomic mass is 16.7. The second-order valence-corrected chi connectivity index (χ2v) is 5.34. The Bertz CT molecular complexity index is 945. The van der Waals surface area contributed by atoms with Crippen LogP contribution >= 0.6 is 0 Å². The van der Waals surface area contributed by atoms with Gasteiger partial charge in [-0.25, -0.2) is 5.43 Å². The number of benzene rings is 3. The summed E-state index contributed by atoms with van der Waals surface area (Å²) in [7, 11) is 0. The second-order valence-electron chi connectivity index (χ2n) is 5.34. The zero-order chi connectivity index (χ0) is 16.4. The van der Waals surface area contributed by atoms with Gasteiger partial charge in [0, 0.05) is 5.56 Å². The molecule has 1 N–H and O–H groups in total. The molecule has 24 heavy (non-hydrogen) atoms. The molecule has 0 radical (unpaired) electrons. The molecule has 1 amide bonds. The number of hydrogen-bond donors (Lipinski definition) is 1. The summed E-state index contributed by atoms with van der Waals surface area (Å²) < 4.78 is 10.6. The molecule has 1 aliphatic rings. The van der Waals surface area contributed by atoms with Crippen LogP contribution in [0.15, 0.2) is 65.8 Å². The minimum absolute atomic E-state index is 0.230. The van der Waals surface area contributed by atoms with Crippen molar-refractivity contribution in [3.63, 3.8) is 0 Å². The molecule has 0 fully saturated rings. The summed E-state index contributed by atoms with van der Waals surface area (Å²) in [5, 5.41) is 5.95. The van der Waals surface area contributed by atoms with Crippen LogP contribution in [0, 0.1) is 0 Å². The van der Waals surface area contributed by atoms with Gasteiger partial charge in [0.15, 0.2) is 11.5 Å². The lowest BCUT2D eigenvalue weighted by Gasteiger charge is -2.04. The van der Waals surface area contributed by atoms with Crippen molar-refractivity contribution < 1.29 is 14.3 Å². The molecule has 4 rings (SSSR count). The number of carbonyl (C=O) groups excluding carboxylic acids is 1. The third kappa shape index (κ3) is 2.67. The number of fused-ring (bicyclic) bond motifs is 2. The molecule has 0 unspecified atom stereocenters. The van der Waals surface area contributed by atoms with Gasteiger partial charge in [-0.3, -0.25) is 4.79 Å². The highest BCUT2D eigenvalue weighted by Gasteiger charge is 2.12. The Morgan fingerprint density at radius 2 is 1.83 bits per heavy atom. The van der Waals surface area contributed by atoms with Gasteiger partial charge in [-0.05, 0) is 40.6 Å².